The zero-order valence-corrected chi connectivity index (χ0v) is 29.1. The third-order valence-electron chi connectivity index (χ3n) is 10.3. The molecule has 3 rings (SSSR count). The number of nitrogens with zero attached hydrogens (tertiary/aromatic N) is 1. The molecule has 0 saturated carbocycles. The minimum Gasteiger partial charge on any atom is -0.458 e. The van der Waals surface area contributed by atoms with E-state index in [9.17, 15) is 24.3 Å². The molecule has 46 heavy (non-hydrogen) atoms. The highest BCUT2D eigenvalue weighted by atomic mass is 16.7. The van der Waals surface area contributed by atoms with Crippen LogP contribution in [0.5, 0.6) is 0 Å². The number of amides is 2. The number of ether oxygens (including phenoxy) is 6. The number of fused-ring (bicyclic) bond motifs is 1. The van der Waals surface area contributed by atoms with Gasteiger partial charge >= 0.3 is 18.2 Å². The molecule has 0 aliphatic carbocycles. The Labute approximate surface area is 272 Å². The van der Waals surface area contributed by atoms with Crippen LogP contribution in [0.4, 0.5) is 9.59 Å². The van der Waals surface area contributed by atoms with Crippen LogP contribution in [0.15, 0.2) is 0 Å². The van der Waals surface area contributed by atoms with Crippen molar-refractivity contribution < 1.29 is 52.7 Å². The summed E-state index contributed by atoms with van der Waals surface area (Å²) < 4.78 is 36.1. The topological polar surface area (TPSA) is 185 Å². The maximum Gasteiger partial charge on any atom is 0.408 e. The average molecular weight is 658 g/mol. The van der Waals surface area contributed by atoms with Crippen molar-refractivity contribution >= 4 is 23.9 Å². The molecule has 0 aromatic rings. The van der Waals surface area contributed by atoms with Gasteiger partial charge in [0.25, 0.3) is 0 Å². The number of methoxy groups -OCH3 is 1. The van der Waals surface area contributed by atoms with Gasteiger partial charge in [-0.25, -0.2) is 9.59 Å². The van der Waals surface area contributed by atoms with Gasteiger partial charge in [0.2, 0.25) is 0 Å². The Morgan fingerprint density at radius 2 is 1.74 bits per heavy atom. The van der Waals surface area contributed by atoms with Crippen LogP contribution in [0, 0.1) is 23.7 Å². The lowest BCUT2D eigenvalue weighted by molar-refractivity contribution is -0.302. The number of nitrogens with two attached hydrogens (primary N) is 1. The standard InChI is InChI=1S/C32H55N3O11/c1-12-21-32(8)25(34-30(40)46-32)17(4)22(36)15(2)14-31(7,45-29(33)39)26(18(5)23(37)19(6)27(38)43-21)44-28-24(41-11)20(35(9)10)13-16(3)42-28/h15-21,23-26,28,37H,12-14H2,1-11H3,(H2,33,39)(H,34,40)/t15-,16-,17+,18+,19-,20+,21-,23+,24-,25-,26-,28+,31-,32-/m1/s1. The molecule has 14 atom stereocenters. The van der Waals surface area contributed by atoms with E-state index in [0.717, 1.165) is 0 Å². The molecule has 3 aliphatic heterocycles. The van der Waals surface area contributed by atoms with Gasteiger partial charge in [0.1, 0.15) is 29.7 Å². The number of ketones is 1. The van der Waals surface area contributed by atoms with Gasteiger partial charge in [0.15, 0.2) is 11.9 Å². The van der Waals surface area contributed by atoms with Gasteiger partial charge in [0.05, 0.1) is 24.2 Å². The van der Waals surface area contributed by atoms with Crippen LogP contribution in [-0.4, -0.2) is 115 Å². The number of rotatable bonds is 6. The number of likely N-dealkylation sites (N-methyl/N-ethyl adjacent to an activating group) is 1. The summed E-state index contributed by atoms with van der Waals surface area (Å²) in [6.07, 6.45) is -6.18. The fourth-order valence-corrected chi connectivity index (χ4v) is 7.71. The number of nitrogens with one attached hydrogen (secondary N) is 1. The average Bonchev–Trinajstić information content (AvgIpc) is 3.29. The molecule has 0 aromatic heterocycles. The Balaban J connectivity index is 2.16. The first-order valence-corrected chi connectivity index (χ1v) is 16.2. The number of hydrogen-bond acceptors (Lipinski definition) is 12. The van der Waals surface area contributed by atoms with Crippen LogP contribution in [0.3, 0.4) is 0 Å². The highest BCUT2D eigenvalue weighted by Crippen LogP contribution is 2.41. The smallest absolute Gasteiger partial charge is 0.408 e. The van der Waals surface area contributed by atoms with Gasteiger partial charge in [-0.1, -0.05) is 27.7 Å². The van der Waals surface area contributed by atoms with Crippen molar-refractivity contribution in [2.75, 3.05) is 21.2 Å². The van der Waals surface area contributed by atoms with Crippen molar-refractivity contribution in [1.29, 1.82) is 0 Å². The Morgan fingerprint density at radius 1 is 1.11 bits per heavy atom. The molecule has 0 unspecified atom stereocenters. The molecular formula is C32H55N3O11. The first-order valence-electron chi connectivity index (χ1n) is 16.2. The quantitative estimate of drug-likeness (QED) is 0.280. The number of cyclic esters (lactones) is 1. The molecule has 0 radical (unpaired) electrons. The van der Waals surface area contributed by atoms with Gasteiger partial charge in [-0.15, -0.1) is 0 Å². The van der Waals surface area contributed by atoms with E-state index in [4.69, 9.17) is 34.2 Å². The predicted molar refractivity (Wildman–Crippen MR) is 165 cm³/mol. The van der Waals surface area contributed by atoms with Crippen LogP contribution < -0.4 is 11.1 Å². The van der Waals surface area contributed by atoms with E-state index in [1.165, 1.54) is 6.92 Å². The number of carbonyl (C=O) groups excluding carboxylic acids is 4. The largest absolute Gasteiger partial charge is 0.458 e. The number of Topliss-reactive ketones (excluding diaryl/α,β-unsaturated/α-hetero) is 1. The third-order valence-corrected chi connectivity index (χ3v) is 10.3. The fourth-order valence-electron chi connectivity index (χ4n) is 7.71. The van der Waals surface area contributed by atoms with Gasteiger partial charge in [0, 0.05) is 30.9 Å². The molecule has 3 aliphatic rings. The van der Waals surface area contributed by atoms with E-state index < -0.39 is 89.8 Å². The number of carbonyl (C=O) groups is 4. The lowest BCUT2D eigenvalue weighted by atomic mass is 9.73. The molecule has 4 N–H and O–H groups in total. The second-order valence-electron chi connectivity index (χ2n) is 14.0. The zero-order valence-electron chi connectivity index (χ0n) is 29.1. The molecule has 14 nitrogen and oxygen atoms in total. The Kier molecular flexibility index (Phi) is 12.1. The molecule has 2 amide bonds. The summed E-state index contributed by atoms with van der Waals surface area (Å²) in [5, 5.41) is 14.5. The van der Waals surface area contributed by atoms with Gasteiger partial charge < -0.3 is 49.5 Å². The van der Waals surface area contributed by atoms with Crippen molar-refractivity contribution in [2.24, 2.45) is 29.4 Å². The normalized spacial score (nSPS) is 44.4. The van der Waals surface area contributed by atoms with E-state index in [0.29, 0.717) is 6.42 Å². The second kappa shape index (κ2) is 14.7. The minimum atomic E-state index is -1.60. The molecule has 3 saturated heterocycles. The lowest BCUT2D eigenvalue weighted by Crippen LogP contribution is -2.61. The van der Waals surface area contributed by atoms with Gasteiger partial charge in [-0.05, 0) is 61.1 Å². The summed E-state index contributed by atoms with van der Waals surface area (Å²) in [5.74, 6) is -4.51. The highest BCUT2D eigenvalue weighted by molar-refractivity contribution is 5.85. The maximum atomic E-state index is 14.1. The van der Waals surface area contributed by atoms with Gasteiger partial charge in [-0.2, -0.15) is 0 Å². The molecule has 0 aromatic carbocycles. The fraction of sp³-hybridized carbons (Fsp3) is 0.875. The van der Waals surface area contributed by atoms with E-state index in [2.05, 4.69) is 5.32 Å². The lowest BCUT2D eigenvalue weighted by Gasteiger charge is -2.48. The maximum absolute atomic E-state index is 14.1. The molecule has 0 spiro atoms. The summed E-state index contributed by atoms with van der Waals surface area (Å²) in [6.45, 7) is 13.5. The van der Waals surface area contributed by atoms with E-state index in [1.807, 2.05) is 25.9 Å². The summed E-state index contributed by atoms with van der Waals surface area (Å²) in [4.78, 5) is 54.7. The third kappa shape index (κ3) is 7.61. The van der Waals surface area contributed by atoms with Gasteiger partial charge in [-0.3, -0.25) is 9.59 Å². The summed E-state index contributed by atoms with van der Waals surface area (Å²) in [5.41, 5.74) is 2.63. The Hall–Kier alpha value is -2.52. The van der Waals surface area contributed by atoms with E-state index >= 15 is 0 Å². The zero-order chi connectivity index (χ0) is 34.9. The summed E-state index contributed by atoms with van der Waals surface area (Å²) in [6, 6.07) is -0.937. The number of hydrogen-bond donors (Lipinski definition) is 3. The van der Waals surface area contributed by atoms with Crippen LogP contribution in [0.2, 0.25) is 0 Å². The van der Waals surface area contributed by atoms with Crippen molar-refractivity contribution in [1.82, 2.24) is 10.2 Å². The first-order chi connectivity index (χ1) is 21.3. The number of aliphatic hydroxyl groups excluding tert-OH is 1. The number of aliphatic hydroxyl groups is 1. The Morgan fingerprint density at radius 3 is 2.28 bits per heavy atom. The van der Waals surface area contributed by atoms with E-state index in [-0.39, 0.29) is 30.8 Å². The van der Waals surface area contributed by atoms with Crippen LogP contribution >= 0.6 is 0 Å². The van der Waals surface area contributed by atoms with Crippen LogP contribution in [0.25, 0.3) is 0 Å². The van der Waals surface area contributed by atoms with E-state index in [1.54, 1.807) is 48.7 Å². The molecule has 264 valence electrons. The highest BCUT2D eigenvalue weighted by Gasteiger charge is 2.57. The number of primary amides is 1. The van der Waals surface area contributed by atoms with Crippen molar-refractivity contribution in [3.8, 4) is 0 Å². The molecule has 0 bridgehead atoms. The van der Waals surface area contributed by atoms with Crippen molar-refractivity contribution in [2.45, 2.75) is 135 Å². The van der Waals surface area contributed by atoms with Crippen molar-refractivity contribution in [3.63, 3.8) is 0 Å². The summed E-state index contributed by atoms with van der Waals surface area (Å²) in [7, 11) is 5.40. The molecular weight excluding hydrogens is 602 g/mol. The molecule has 3 fully saturated rings. The summed E-state index contributed by atoms with van der Waals surface area (Å²) >= 11 is 0. The van der Waals surface area contributed by atoms with Crippen LogP contribution in [-0.2, 0) is 38.0 Å². The first kappa shape index (κ1) is 37.9. The monoisotopic (exact) mass is 657 g/mol. The number of esters is 1. The number of alkyl carbamates (subject to hydrolysis) is 1. The second-order valence-corrected chi connectivity index (χ2v) is 14.0. The SMILES string of the molecule is CC[C@H]1OC(=O)[C@H](C)[C@@H](O)[C@H](C)[C@@H](O[C@@H]2O[C@H](C)C[C@H](N(C)C)[C@H]2OC)[C@](C)(OC(N)=O)C[C@@H](C)C(=O)[C@H](C)[C@H]2NC(=O)O[C@@]21C. The van der Waals surface area contributed by atoms with Crippen molar-refractivity contribution in [3.05, 3.63) is 0 Å². The molecule has 14 heteroatoms. The minimum absolute atomic E-state index is 0.0634. The predicted octanol–water partition coefficient (Wildman–Crippen LogP) is 2.37. The van der Waals surface area contributed by atoms with Crippen LogP contribution in [0.1, 0.15) is 74.7 Å². The Bertz CT molecular complexity index is 1120. The molecule has 3 heterocycles.